The molecule has 0 atom stereocenters. The average molecular weight is 325 g/mol. The topological polar surface area (TPSA) is 54.7 Å². The van der Waals surface area contributed by atoms with Crippen molar-refractivity contribution in [1.29, 1.82) is 0 Å². The number of hydrogen-bond donors (Lipinski definition) is 1. The molecule has 3 heterocycles. The van der Waals surface area contributed by atoms with Crippen molar-refractivity contribution in [3.63, 3.8) is 0 Å². The molecule has 4 rings (SSSR count). The first-order valence-corrected chi connectivity index (χ1v) is 8.60. The molecule has 126 valence electrons. The summed E-state index contributed by atoms with van der Waals surface area (Å²) in [7, 11) is 0. The smallest absolute Gasteiger partial charge is 0.236 e. The van der Waals surface area contributed by atoms with Crippen molar-refractivity contribution >= 4 is 22.6 Å². The molecule has 0 amide bonds. The highest BCUT2D eigenvalue weighted by atomic mass is 16.5. The van der Waals surface area contributed by atoms with Crippen LogP contribution in [0.2, 0.25) is 0 Å². The Morgan fingerprint density at radius 3 is 2.88 bits per heavy atom. The average Bonchev–Trinajstić information content (AvgIpc) is 2.97. The highest BCUT2D eigenvalue weighted by Gasteiger charge is 2.11. The SMILES string of the molecule is Cc1cc(NCCCN2CCOCC2)n2c(n1)nc1ccccc12. The van der Waals surface area contributed by atoms with E-state index >= 15 is 0 Å². The highest BCUT2D eigenvalue weighted by Crippen LogP contribution is 2.21. The number of ether oxygens (including phenoxy) is 1. The number of aromatic nitrogens is 3. The quantitative estimate of drug-likeness (QED) is 0.730. The third kappa shape index (κ3) is 3.07. The number of nitrogens with zero attached hydrogens (tertiary/aromatic N) is 4. The molecule has 2 aromatic heterocycles. The van der Waals surface area contributed by atoms with Crippen molar-refractivity contribution in [2.24, 2.45) is 0 Å². The molecule has 1 aliphatic heterocycles. The third-order valence-corrected chi connectivity index (χ3v) is 4.47. The fourth-order valence-electron chi connectivity index (χ4n) is 3.25. The van der Waals surface area contributed by atoms with Crippen LogP contribution in [0.4, 0.5) is 5.82 Å². The van der Waals surface area contributed by atoms with Crippen LogP contribution in [-0.2, 0) is 4.74 Å². The predicted octanol–water partition coefficient (Wildman–Crippen LogP) is 2.33. The minimum absolute atomic E-state index is 0.756. The number of fused-ring (bicyclic) bond motifs is 3. The Bertz CT molecular complexity index is 838. The van der Waals surface area contributed by atoms with Crippen LogP contribution < -0.4 is 5.32 Å². The maximum atomic E-state index is 5.39. The maximum Gasteiger partial charge on any atom is 0.236 e. The Kier molecular flexibility index (Phi) is 4.32. The van der Waals surface area contributed by atoms with Crippen LogP contribution in [0.5, 0.6) is 0 Å². The van der Waals surface area contributed by atoms with Gasteiger partial charge in [-0.05, 0) is 32.0 Å². The second-order valence-corrected chi connectivity index (χ2v) is 6.25. The van der Waals surface area contributed by atoms with E-state index in [1.54, 1.807) is 0 Å². The monoisotopic (exact) mass is 325 g/mol. The predicted molar refractivity (Wildman–Crippen MR) is 95.6 cm³/mol. The number of para-hydroxylation sites is 2. The lowest BCUT2D eigenvalue weighted by molar-refractivity contribution is 0.0378. The highest BCUT2D eigenvalue weighted by molar-refractivity contribution is 5.81. The Balaban J connectivity index is 1.50. The lowest BCUT2D eigenvalue weighted by Crippen LogP contribution is -2.37. The number of morpholine rings is 1. The molecule has 1 N–H and O–H groups in total. The van der Waals surface area contributed by atoms with E-state index in [-0.39, 0.29) is 0 Å². The molecule has 0 radical (unpaired) electrons. The third-order valence-electron chi connectivity index (χ3n) is 4.47. The Morgan fingerprint density at radius 1 is 1.17 bits per heavy atom. The van der Waals surface area contributed by atoms with Gasteiger partial charge in [0.2, 0.25) is 5.78 Å². The molecule has 1 fully saturated rings. The van der Waals surface area contributed by atoms with Gasteiger partial charge in [-0.15, -0.1) is 0 Å². The van der Waals surface area contributed by atoms with Crippen LogP contribution in [0.3, 0.4) is 0 Å². The number of benzene rings is 1. The molecule has 1 aromatic carbocycles. The van der Waals surface area contributed by atoms with Crippen molar-refractivity contribution < 1.29 is 4.74 Å². The first-order chi connectivity index (χ1) is 11.8. The lowest BCUT2D eigenvalue weighted by Gasteiger charge is -2.26. The van der Waals surface area contributed by atoms with E-state index < -0.39 is 0 Å². The fraction of sp³-hybridized carbons (Fsp3) is 0.444. The zero-order chi connectivity index (χ0) is 16.4. The summed E-state index contributed by atoms with van der Waals surface area (Å²) in [6.45, 7) is 7.86. The summed E-state index contributed by atoms with van der Waals surface area (Å²) < 4.78 is 7.50. The van der Waals surface area contributed by atoms with Gasteiger partial charge < -0.3 is 10.1 Å². The van der Waals surface area contributed by atoms with Crippen molar-refractivity contribution in [2.45, 2.75) is 13.3 Å². The van der Waals surface area contributed by atoms with Crippen LogP contribution in [0.15, 0.2) is 30.3 Å². The molecule has 0 bridgehead atoms. The van der Waals surface area contributed by atoms with Gasteiger partial charge in [0, 0.05) is 31.4 Å². The van der Waals surface area contributed by atoms with Crippen LogP contribution in [0, 0.1) is 6.92 Å². The molecular formula is C18H23N5O. The number of aryl methyl sites for hydroxylation is 1. The zero-order valence-corrected chi connectivity index (χ0v) is 14.0. The molecular weight excluding hydrogens is 302 g/mol. The number of imidazole rings is 1. The van der Waals surface area contributed by atoms with Gasteiger partial charge in [-0.2, -0.15) is 0 Å². The van der Waals surface area contributed by atoms with Crippen molar-refractivity contribution in [3.05, 3.63) is 36.0 Å². The Hall–Kier alpha value is -2.18. The normalized spacial score (nSPS) is 16.0. The molecule has 1 aliphatic rings. The molecule has 0 aliphatic carbocycles. The maximum absolute atomic E-state index is 5.39. The van der Waals surface area contributed by atoms with E-state index in [9.17, 15) is 0 Å². The van der Waals surface area contributed by atoms with Gasteiger partial charge >= 0.3 is 0 Å². The van der Waals surface area contributed by atoms with E-state index in [0.29, 0.717) is 0 Å². The van der Waals surface area contributed by atoms with E-state index in [2.05, 4.69) is 36.7 Å². The summed E-state index contributed by atoms with van der Waals surface area (Å²) in [5.74, 6) is 1.82. The minimum Gasteiger partial charge on any atom is -0.379 e. The van der Waals surface area contributed by atoms with Crippen molar-refractivity contribution in [1.82, 2.24) is 19.3 Å². The summed E-state index contributed by atoms with van der Waals surface area (Å²) in [4.78, 5) is 11.7. The Labute approximate surface area is 141 Å². The van der Waals surface area contributed by atoms with E-state index in [0.717, 1.165) is 74.1 Å². The first-order valence-electron chi connectivity index (χ1n) is 8.60. The zero-order valence-electron chi connectivity index (χ0n) is 14.0. The molecule has 0 unspecified atom stereocenters. The number of rotatable bonds is 5. The minimum atomic E-state index is 0.756. The van der Waals surface area contributed by atoms with Crippen molar-refractivity contribution in [2.75, 3.05) is 44.7 Å². The van der Waals surface area contributed by atoms with Gasteiger partial charge in [0.15, 0.2) is 0 Å². The van der Waals surface area contributed by atoms with Crippen molar-refractivity contribution in [3.8, 4) is 0 Å². The number of anilines is 1. The van der Waals surface area contributed by atoms with E-state index in [1.807, 2.05) is 25.1 Å². The molecule has 24 heavy (non-hydrogen) atoms. The summed E-state index contributed by atoms with van der Waals surface area (Å²) in [6, 6.07) is 10.3. The second-order valence-electron chi connectivity index (χ2n) is 6.25. The first kappa shape index (κ1) is 15.4. The van der Waals surface area contributed by atoms with Crippen LogP contribution in [0.25, 0.3) is 16.8 Å². The second kappa shape index (κ2) is 6.75. The standard InChI is InChI=1S/C18H23N5O/c1-14-13-17(19-7-4-8-22-9-11-24-12-10-22)23-16-6-3-2-5-15(16)21-18(23)20-14/h2-3,5-6,13,19H,4,7-12H2,1H3. The van der Waals surface area contributed by atoms with E-state index in [4.69, 9.17) is 4.74 Å². The summed E-state index contributed by atoms with van der Waals surface area (Å²) in [6.07, 6.45) is 1.11. The summed E-state index contributed by atoms with van der Waals surface area (Å²) in [5, 5.41) is 3.57. The number of hydrogen-bond acceptors (Lipinski definition) is 5. The molecule has 0 saturated carbocycles. The van der Waals surface area contributed by atoms with Crippen LogP contribution >= 0.6 is 0 Å². The molecule has 1 saturated heterocycles. The Morgan fingerprint density at radius 2 is 2.00 bits per heavy atom. The largest absolute Gasteiger partial charge is 0.379 e. The van der Waals surface area contributed by atoms with Gasteiger partial charge in [-0.1, -0.05) is 12.1 Å². The summed E-state index contributed by atoms with van der Waals surface area (Å²) >= 11 is 0. The van der Waals surface area contributed by atoms with Gasteiger partial charge in [0.05, 0.1) is 24.2 Å². The summed E-state index contributed by atoms with van der Waals surface area (Å²) in [5.41, 5.74) is 3.05. The molecule has 6 heteroatoms. The van der Waals surface area contributed by atoms with Crippen LogP contribution in [-0.4, -0.2) is 58.7 Å². The lowest BCUT2D eigenvalue weighted by atomic mass is 10.3. The van der Waals surface area contributed by atoms with Gasteiger partial charge in [0.25, 0.3) is 0 Å². The number of nitrogens with one attached hydrogen (secondary N) is 1. The molecule has 0 spiro atoms. The molecule has 6 nitrogen and oxygen atoms in total. The molecule has 3 aromatic rings. The van der Waals surface area contributed by atoms with Gasteiger partial charge in [-0.3, -0.25) is 9.30 Å². The van der Waals surface area contributed by atoms with Crippen LogP contribution in [0.1, 0.15) is 12.1 Å². The van der Waals surface area contributed by atoms with Gasteiger partial charge in [0.1, 0.15) is 5.82 Å². The van der Waals surface area contributed by atoms with E-state index in [1.165, 1.54) is 0 Å². The van der Waals surface area contributed by atoms with Gasteiger partial charge in [-0.25, -0.2) is 9.97 Å². The fourth-order valence-corrected chi connectivity index (χ4v) is 3.25.